The zero-order chi connectivity index (χ0) is 18.4. The van der Waals surface area contributed by atoms with Gasteiger partial charge in [-0.05, 0) is 51.1 Å². The van der Waals surface area contributed by atoms with Crippen molar-refractivity contribution in [3.05, 3.63) is 28.8 Å². The highest BCUT2D eigenvalue weighted by Crippen LogP contribution is 2.31. The Hall–Kier alpha value is -1.20. The van der Waals surface area contributed by atoms with Crippen molar-refractivity contribution in [3.63, 3.8) is 0 Å². The molecule has 2 rings (SSSR count). The molecule has 0 bridgehead atoms. The maximum absolute atomic E-state index is 13.1. The lowest BCUT2D eigenvalue weighted by molar-refractivity contribution is -0.139. The van der Waals surface area contributed by atoms with Gasteiger partial charge in [-0.25, -0.2) is 0 Å². The van der Waals surface area contributed by atoms with Crippen LogP contribution in [-0.4, -0.2) is 41.6 Å². The number of halogens is 1. The topological polar surface area (TPSA) is 49.4 Å². The lowest BCUT2D eigenvalue weighted by Gasteiger charge is -2.40. The molecule has 1 saturated carbocycles. The number of hydrogen-bond acceptors (Lipinski definition) is 3. The van der Waals surface area contributed by atoms with Gasteiger partial charge in [0.1, 0.15) is 5.54 Å². The molecule has 0 heterocycles. The van der Waals surface area contributed by atoms with Crippen molar-refractivity contribution in [1.82, 2.24) is 10.2 Å². The Labute approximate surface area is 159 Å². The van der Waals surface area contributed by atoms with Crippen LogP contribution < -0.4 is 5.32 Å². The van der Waals surface area contributed by atoms with E-state index >= 15 is 0 Å². The van der Waals surface area contributed by atoms with Crippen LogP contribution >= 0.6 is 23.4 Å². The van der Waals surface area contributed by atoms with Crippen LogP contribution in [0.15, 0.2) is 23.1 Å². The molecule has 0 unspecified atom stereocenters. The smallest absolute Gasteiger partial charge is 0.253 e. The molecule has 1 aliphatic rings. The first-order valence-corrected chi connectivity index (χ1v) is 10.5. The quantitative estimate of drug-likeness (QED) is 0.743. The minimum absolute atomic E-state index is 0.0303. The SMILES string of the molecule is CCN(CC)C(=O)C1(NC(=O)c2cc(SC)ccc2Cl)CCCCC1. The van der Waals surface area contributed by atoms with Gasteiger partial charge in [0.05, 0.1) is 10.6 Å². The van der Waals surface area contributed by atoms with Gasteiger partial charge in [0.15, 0.2) is 0 Å². The van der Waals surface area contributed by atoms with Crippen molar-refractivity contribution in [2.45, 2.75) is 56.4 Å². The molecular formula is C19H27ClN2O2S. The van der Waals surface area contributed by atoms with E-state index in [0.717, 1.165) is 24.2 Å². The predicted molar refractivity (Wildman–Crippen MR) is 104 cm³/mol. The number of carbonyl (C=O) groups is 2. The minimum atomic E-state index is -0.806. The maximum atomic E-state index is 13.1. The summed E-state index contributed by atoms with van der Waals surface area (Å²) in [6, 6.07) is 5.42. The highest BCUT2D eigenvalue weighted by molar-refractivity contribution is 7.98. The van der Waals surface area contributed by atoms with Crippen LogP contribution in [-0.2, 0) is 4.79 Å². The van der Waals surface area contributed by atoms with E-state index in [1.165, 1.54) is 0 Å². The van der Waals surface area contributed by atoms with E-state index in [9.17, 15) is 9.59 Å². The fourth-order valence-corrected chi connectivity index (χ4v) is 4.09. The van der Waals surface area contributed by atoms with E-state index in [4.69, 9.17) is 11.6 Å². The van der Waals surface area contributed by atoms with Gasteiger partial charge >= 0.3 is 0 Å². The number of nitrogens with zero attached hydrogens (tertiary/aromatic N) is 1. The second-order valence-electron chi connectivity index (χ2n) is 6.42. The average molecular weight is 383 g/mol. The minimum Gasteiger partial charge on any atom is -0.341 e. The molecule has 1 aromatic carbocycles. The third kappa shape index (κ3) is 4.50. The molecule has 138 valence electrons. The van der Waals surface area contributed by atoms with Crippen LogP contribution in [0.4, 0.5) is 0 Å². The third-order valence-corrected chi connectivity index (χ3v) is 5.99. The summed E-state index contributed by atoms with van der Waals surface area (Å²) in [6.45, 7) is 5.24. The van der Waals surface area contributed by atoms with Gasteiger partial charge in [0.25, 0.3) is 5.91 Å². The van der Waals surface area contributed by atoms with Crippen LogP contribution in [0.5, 0.6) is 0 Å². The standard InChI is InChI=1S/C19H27ClN2O2S/c1-4-22(5-2)18(24)19(11-7-6-8-12-19)21-17(23)15-13-14(25-3)9-10-16(15)20/h9-10,13H,4-8,11-12H2,1-3H3,(H,21,23). The van der Waals surface area contributed by atoms with Crippen LogP contribution in [0.25, 0.3) is 0 Å². The molecule has 1 aliphatic carbocycles. The molecular weight excluding hydrogens is 356 g/mol. The lowest BCUT2D eigenvalue weighted by Crippen LogP contribution is -2.60. The molecule has 0 aromatic heterocycles. The normalized spacial score (nSPS) is 16.3. The molecule has 25 heavy (non-hydrogen) atoms. The summed E-state index contributed by atoms with van der Waals surface area (Å²) in [5.74, 6) is -0.231. The molecule has 2 amide bonds. The van der Waals surface area contributed by atoms with Crippen LogP contribution in [0.1, 0.15) is 56.3 Å². The van der Waals surface area contributed by atoms with Gasteiger partial charge < -0.3 is 10.2 Å². The van der Waals surface area contributed by atoms with Crippen molar-refractivity contribution < 1.29 is 9.59 Å². The fraction of sp³-hybridized carbons (Fsp3) is 0.579. The first-order chi connectivity index (χ1) is 12.0. The number of rotatable bonds is 6. The van der Waals surface area contributed by atoms with Crippen LogP contribution in [0, 0.1) is 0 Å². The van der Waals surface area contributed by atoms with Crippen molar-refractivity contribution in [3.8, 4) is 0 Å². The van der Waals surface area contributed by atoms with Gasteiger partial charge in [0, 0.05) is 18.0 Å². The van der Waals surface area contributed by atoms with Crippen molar-refractivity contribution in [2.24, 2.45) is 0 Å². The zero-order valence-corrected chi connectivity index (χ0v) is 16.8. The predicted octanol–water partition coefficient (Wildman–Crippen LogP) is 4.36. The Balaban J connectivity index is 2.31. The molecule has 0 spiro atoms. The van der Waals surface area contributed by atoms with Gasteiger partial charge in [-0.2, -0.15) is 0 Å². The Morgan fingerprint density at radius 3 is 2.40 bits per heavy atom. The van der Waals surface area contributed by atoms with Crippen molar-refractivity contribution in [1.29, 1.82) is 0 Å². The summed E-state index contributed by atoms with van der Waals surface area (Å²) < 4.78 is 0. The molecule has 0 aliphatic heterocycles. The van der Waals surface area contributed by atoms with E-state index in [0.29, 0.717) is 36.5 Å². The highest BCUT2D eigenvalue weighted by atomic mass is 35.5. The third-order valence-electron chi connectivity index (χ3n) is 4.94. The van der Waals surface area contributed by atoms with Crippen molar-refractivity contribution >= 4 is 35.2 Å². The number of carbonyl (C=O) groups excluding carboxylic acids is 2. The van der Waals surface area contributed by atoms with Gasteiger partial charge in [0.2, 0.25) is 5.91 Å². The Kier molecular flexibility index (Phi) is 7.20. The monoisotopic (exact) mass is 382 g/mol. The number of benzene rings is 1. The second kappa shape index (κ2) is 8.95. The maximum Gasteiger partial charge on any atom is 0.253 e. The summed E-state index contributed by atoms with van der Waals surface area (Å²) in [4.78, 5) is 28.9. The molecule has 0 radical (unpaired) electrons. The Morgan fingerprint density at radius 2 is 1.84 bits per heavy atom. The summed E-state index contributed by atoms with van der Waals surface area (Å²) in [5, 5.41) is 3.48. The summed E-state index contributed by atoms with van der Waals surface area (Å²) in [6.07, 6.45) is 6.34. The molecule has 1 aromatic rings. The zero-order valence-electron chi connectivity index (χ0n) is 15.2. The number of nitrogens with one attached hydrogen (secondary N) is 1. The summed E-state index contributed by atoms with van der Waals surface area (Å²) >= 11 is 7.80. The second-order valence-corrected chi connectivity index (χ2v) is 7.71. The molecule has 0 saturated heterocycles. The molecule has 1 N–H and O–H groups in total. The summed E-state index contributed by atoms with van der Waals surface area (Å²) in [7, 11) is 0. The molecule has 1 fully saturated rings. The lowest BCUT2D eigenvalue weighted by atomic mass is 9.80. The Morgan fingerprint density at radius 1 is 1.20 bits per heavy atom. The molecule has 6 heteroatoms. The van der Waals surface area contributed by atoms with Gasteiger partial charge in [-0.1, -0.05) is 30.9 Å². The Bertz CT molecular complexity index is 626. The average Bonchev–Trinajstić information content (AvgIpc) is 2.63. The first kappa shape index (κ1) is 20.1. The largest absolute Gasteiger partial charge is 0.341 e. The fourth-order valence-electron chi connectivity index (χ4n) is 3.45. The molecule has 4 nitrogen and oxygen atoms in total. The number of hydrogen-bond donors (Lipinski definition) is 1. The number of amides is 2. The van der Waals surface area contributed by atoms with Gasteiger partial charge in [-0.15, -0.1) is 11.8 Å². The highest BCUT2D eigenvalue weighted by Gasteiger charge is 2.43. The van der Waals surface area contributed by atoms with Gasteiger partial charge in [-0.3, -0.25) is 9.59 Å². The molecule has 0 atom stereocenters. The van der Waals surface area contributed by atoms with Crippen LogP contribution in [0.3, 0.4) is 0 Å². The van der Waals surface area contributed by atoms with Crippen molar-refractivity contribution in [2.75, 3.05) is 19.3 Å². The number of likely N-dealkylation sites (N-methyl/N-ethyl adjacent to an activating group) is 1. The van der Waals surface area contributed by atoms with E-state index < -0.39 is 5.54 Å². The van der Waals surface area contributed by atoms with E-state index in [2.05, 4.69) is 5.32 Å². The summed E-state index contributed by atoms with van der Waals surface area (Å²) in [5.41, 5.74) is -0.370. The van der Waals surface area contributed by atoms with E-state index in [-0.39, 0.29) is 11.8 Å². The van der Waals surface area contributed by atoms with Crippen LogP contribution in [0.2, 0.25) is 5.02 Å². The number of thioether (sulfide) groups is 1. The first-order valence-electron chi connectivity index (χ1n) is 8.93. The van der Waals surface area contributed by atoms with E-state index in [1.807, 2.05) is 31.1 Å². The van der Waals surface area contributed by atoms with E-state index in [1.54, 1.807) is 23.9 Å².